The quantitative estimate of drug-likeness (QED) is 0.247. The molecule has 0 heterocycles. The summed E-state index contributed by atoms with van der Waals surface area (Å²) in [7, 11) is -1.16. The summed E-state index contributed by atoms with van der Waals surface area (Å²) < 4.78 is 28.6. The highest BCUT2D eigenvalue weighted by Gasteiger charge is 2.42. The van der Waals surface area contributed by atoms with Gasteiger partial charge in [0.25, 0.3) is 0 Å². The number of carbonyl (C=O) groups is 1. The van der Waals surface area contributed by atoms with E-state index in [-0.39, 0.29) is 6.61 Å². The van der Waals surface area contributed by atoms with E-state index in [9.17, 15) is 9.36 Å². The highest BCUT2D eigenvalue weighted by atomic mass is 31.2. The van der Waals surface area contributed by atoms with Crippen molar-refractivity contribution in [1.82, 2.24) is 0 Å². The molecule has 2 rings (SSSR count). The summed E-state index contributed by atoms with van der Waals surface area (Å²) in [5, 5.41) is 0. The van der Waals surface area contributed by atoms with E-state index >= 15 is 0 Å². The Hall–Kier alpha value is -2.53. The standard InChI is InChI=1S/C22H26NO5P/c1-5-19(29(25,26-3)27-4)21(22(24)28-6-2)23-20(17-13-9-7-10-14-17)18-15-11-8-12-16-18/h5,7-16,19,21H,1,6H2,2-4H3/t19-,21-/m1/s1. The minimum atomic E-state index is -3.69. The Labute approximate surface area is 171 Å². The minimum absolute atomic E-state index is 0.158. The van der Waals surface area contributed by atoms with Gasteiger partial charge in [-0.25, -0.2) is 4.79 Å². The molecule has 0 unspecified atom stereocenters. The lowest BCUT2D eigenvalue weighted by Crippen LogP contribution is -2.35. The lowest BCUT2D eigenvalue weighted by atomic mass is 10.0. The van der Waals surface area contributed by atoms with E-state index in [1.54, 1.807) is 6.92 Å². The number of ether oxygens (including phenoxy) is 1. The van der Waals surface area contributed by atoms with Gasteiger partial charge in [-0.15, -0.1) is 6.58 Å². The largest absolute Gasteiger partial charge is 0.464 e. The summed E-state index contributed by atoms with van der Waals surface area (Å²) in [4.78, 5) is 17.5. The van der Waals surface area contributed by atoms with Crippen LogP contribution < -0.4 is 0 Å². The number of rotatable bonds is 10. The van der Waals surface area contributed by atoms with Crippen LogP contribution in [0.3, 0.4) is 0 Å². The molecule has 0 fully saturated rings. The second-order valence-corrected chi connectivity index (χ2v) is 8.44. The van der Waals surface area contributed by atoms with Crippen LogP contribution >= 0.6 is 7.60 Å². The van der Waals surface area contributed by atoms with E-state index in [0.717, 1.165) is 11.1 Å². The Morgan fingerprint density at radius 1 is 1.03 bits per heavy atom. The van der Waals surface area contributed by atoms with Gasteiger partial charge in [0.1, 0.15) is 5.66 Å². The summed E-state index contributed by atoms with van der Waals surface area (Å²) in [5.74, 6) is -0.629. The molecule has 2 atom stereocenters. The number of benzene rings is 2. The van der Waals surface area contributed by atoms with E-state index in [4.69, 9.17) is 18.8 Å². The first-order valence-corrected chi connectivity index (χ1v) is 10.8. The van der Waals surface area contributed by atoms with Crippen molar-refractivity contribution in [1.29, 1.82) is 0 Å². The molecule has 0 aromatic heterocycles. The molecule has 0 N–H and O–H groups in total. The maximum Gasteiger partial charge on any atom is 0.339 e. The second-order valence-electron chi connectivity index (χ2n) is 6.04. The molecule has 2 aromatic rings. The van der Waals surface area contributed by atoms with E-state index in [1.165, 1.54) is 20.3 Å². The van der Waals surface area contributed by atoms with E-state index in [0.29, 0.717) is 5.71 Å². The Morgan fingerprint density at radius 3 is 1.90 bits per heavy atom. The van der Waals surface area contributed by atoms with Crippen molar-refractivity contribution >= 4 is 19.3 Å². The van der Waals surface area contributed by atoms with E-state index < -0.39 is 25.3 Å². The van der Waals surface area contributed by atoms with Crippen LogP contribution in [0.4, 0.5) is 0 Å². The summed E-state index contributed by atoms with van der Waals surface area (Å²) in [5.41, 5.74) is 1.16. The smallest absolute Gasteiger partial charge is 0.339 e. The lowest BCUT2D eigenvalue weighted by molar-refractivity contribution is -0.144. The predicted octanol–water partition coefficient (Wildman–Crippen LogP) is 4.50. The summed E-state index contributed by atoms with van der Waals surface area (Å²) >= 11 is 0. The third-order valence-corrected chi connectivity index (χ3v) is 6.57. The summed E-state index contributed by atoms with van der Waals surface area (Å²) in [6.45, 7) is 5.59. The summed E-state index contributed by atoms with van der Waals surface area (Å²) in [6.07, 6.45) is 1.37. The molecule has 0 radical (unpaired) electrons. The fourth-order valence-electron chi connectivity index (χ4n) is 2.89. The van der Waals surface area contributed by atoms with Gasteiger partial charge in [0.05, 0.1) is 12.3 Å². The molecule has 7 heteroatoms. The number of aliphatic imine (C=N–C) groups is 1. The molecule has 154 valence electrons. The van der Waals surface area contributed by atoms with Gasteiger partial charge in [-0.1, -0.05) is 66.7 Å². The minimum Gasteiger partial charge on any atom is -0.464 e. The van der Waals surface area contributed by atoms with Crippen LogP contribution in [0.5, 0.6) is 0 Å². The van der Waals surface area contributed by atoms with Crippen molar-refractivity contribution in [2.45, 2.75) is 18.6 Å². The maximum atomic E-state index is 13.1. The fourth-order valence-corrected chi connectivity index (χ4v) is 4.32. The van der Waals surface area contributed by atoms with E-state index in [2.05, 4.69) is 6.58 Å². The van der Waals surface area contributed by atoms with Crippen LogP contribution in [0.1, 0.15) is 18.1 Å². The van der Waals surface area contributed by atoms with E-state index in [1.807, 2.05) is 60.7 Å². The van der Waals surface area contributed by atoms with Crippen LogP contribution in [0, 0.1) is 0 Å². The third-order valence-electron chi connectivity index (χ3n) is 4.33. The zero-order valence-electron chi connectivity index (χ0n) is 16.9. The Balaban J connectivity index is 2.68. The zero-order chi connectivity index (χ0) is 21.3. The molecule has 0 aliphatic carbocycles. The van der Waals surface area contributed by atoms with Crippen molar-refractivity contribution in [3.63, 3.8) is 0 Å². The Bertz CT molecular complexity index is 833. The summed E-state index contributed by atoms with van der Waals surface area (Å²) in [6, 6.07) is 17.7. The number of carbonyl (C=O) groups excluding carboxylic acids is 1. The van der Waals surface area contributed by atoms with Gasteiger partial charge in [-0.3, -0.25) is 9.56 Å². The SMILES string of the molecule is C=C[C@H]([C@@H](N=C(c1ccccc1)c1ccccc1)C(=O)OCC)P(=O)(OC)OC. The molecule has 29 heavy (non-hydrogen) atoms. The highest BCUT2D eigenvalue weighted by molar-refractivity contribution is 7.55. The van der Waals surface area contributed by atoms with Crippen LogP contribution in [-0.4, -0.2) is 44.2 Å². The monoisotopic (exact) mass is 415 g/mol. The van der Waals surface area contributed by atoms with Gasteiger partial charge in [0.15, 0.2) is 6.04 Å². The normalized spacial score (nSPS) is 13.2. The van der Waals surface area contributed by atoms with Gasteiger partial charge < -0.3 is 13.8 Å². The highest BCUT2D eigenvalue weighted by Crippen LogP contribution is 2.54. The molecule has 0 amide bonds. The molecule has 0 saturated carbocycles. The van der Waals surface area contributed by atoms with Crippen LogP contribution in [0.2, 0.25) is 0 Å². The Morgan fingerprint density at radius 2 is 1.52 bits per heavy atom. The number of hydrogen-bond acceptors (Lipinski definition) is 6. The first-order chi connectivity index (χ1) is 14.0. The van der Waals surface area contributed by atoms with Gasteiger partial charge in [-0.2, -0.15) is 0 Å². The molecule has 0 bridgehead atoms. The first kappa shape index (κ1) is 22.8. The van der Waals surface area contributed by atoms with Crippen molar-refractivity contribution in [3.8, 4) is 0 Å². The van der Waals surface area contributed by atoms with Crippen molar-refractivity contribution in [3.05, 3.63) is 84.4 Å². The average Bonchev–Trinajstić information content (AvgIpc) is 2.77. The first-order valence-electron chi connectivity index (χ1n) is 9.19. The average molecular weight is 415 g/mol. The maximum absolute atomic E-state index is 13.1. The molecular weight excluding hydrogens is 389 g/mol. The van der Waals surface area contributed by atoms with Gasteiger partial charge in [-0.05, 0) is 6.92 Å². The number of hydrogen-bond donors (Lipinski definition) is 0. The van der Waals surface area contributed by atoms with Crippen molar-refractivity contribution in [2.24, 2.45) is 4.99 Å². The molecule has 2 aromatic carbocycles. The van der Waals surface area contributed by atoms with Crippen LogP contribution in [-0.2, 0) is 23.1 Å². The number of nitrogens with zero attached hydrogens (tertiary/aromatic N) is 1. The molecule has 6 nitrogen and oxygen atoms in total. The fraction of sp³-hybridized carbons (Fsp3) is 0.273. The van der Waals surface area contributed by atoms with Crippen LogP contribution in [0.25, 0.3) is 0 Å². The molecule has 0 aliphatic heterocycles. The van der Waals surface area contributed by atoms with Crippen molar-refractivity contribution in [2.75, 3.05) is 20.8 Å². The van der Waals surface area contributed by atoms with Crippen LogP contribution in [0.15, 0.2) is 78.3 Å². The molecule has 0 aliphatic rings. The Kier molecular flexibility index (Phi) is 8.52. The zero-order valence-corrected chi connectivity index (χ0v) is 17.7. The van der Waals surface area contributed by atoms with Crippen molar-refractivity contribution < 1.29 is 23.1 Å². The lowest BCUT2D eigenvalue weighted by Gasteiger charge is -2.26. The molecular formula is C22H26NO5P. The molecule has 0 spiro atoms. The number of esters is 1. The van der Waals surface area contributed by atoms with Gasteiger partial charge in [0.2, 0.25) is 0 Å². The predicted molar refractivity (Wildman–Crippen MR) is 115 cm³/mol. The molecule has 0 saturated heterocycles. The van der Waals surface area contributed by atoms with Gasteiger partial charge >= 0.3 is 13.6 Å². The van der Waals surface area contributed by atoms with Gasteiger partial charge in [0, 0.05) is 25.3 Å². The third kappa shape index (κ3) is 5.51. The topological polar surface area (TPSA) is 74.2 Å². The second kappa shape index (κ2) is 10.9.